The van der Waals surface area contributed by atoms with Crippen LogP contribution in [0.1, 0.15) is 19.4 Å². The van der Waals surface area contributed by atoms with E-state index in [1.165, 1.54) is 0 Å². The zero-order chi connectivity index (χ0) is 12.5. The molecule has 1 aromatic carbocycles. The van der Waals surface area contributed by atoms with Crippen LogP contribution in [0.25, 0.3) is 0 Å². The second kappa shape index (κ2) is 7.98. The maximum atomic E-state index is 11.6. The molecule has 0 radical (unpaired) electrons. The summed E-state index contributed by atoms with van der Waals surface area (Å²) < 4.78 is 10.6. The molecule has 17 heavy (non-hydrogen) atoms. The predicted octanol–water partition coefficient (Wildman–Crippen LogP) is 2.24. The first kappa shape index (κ1) is 13.9. The lowest BCUT2D eigenvalue weighted by molar-refractivity contribution is -0.125. The molecule has 0 amide bonds. The summed E-state index contributed by atoms with van der Waals surface area (Å²) >= 11 is 0. The van der Waals surface area contributed by atoms with Crippen molar-refractivity contribution in [3.63, 3.8) is 0 Å². The lowest BCUT2D eigenvalue weighted by Crippen LogP contribution is -2.21. The summed E-state index contributed by atoms with van der Waals surface area (Å²) in [4.78, 5) is 11.6. The summed E-state index contributed by atoms with van der Waals surface area (Å²) in [6, 6.07) is 9.69. The van der Waals surface area contributed by atoms with Crippen LogP contribution < -0.4 is 0 Å². The fraction of sp³-hybridized carbons (Fsp3) is 0.500. The van der Waals surface area contributed by atoms with Crippen molar-refractivity contribution in [2.45, 2.75) is 26.4 Å². The summed E-state index contributed by atoms with van der Waals surface area (Å²) in [6.07, 6.45) is 0.400. The van der Waals surface area contributed by atoms with E-state index in [1.54, 1.807) is 0 Å². The van der Waals surface area contributed by atoms with Crippen molar-refractivity contribution in [3.05, 3.63) is 35.9 Å². The number of hydrogen-bond donors (Lipinski definition) is 0. The van der Waals surface area contributed by atoms with Crippen LogP contribution in [-0.2, 0) is 20.7 Å². The molecule has 1 atom stereocenters. The van der Waals surface area contributed by atoms with Crippen molar-refractivity contribution in [3.8, 4) is 0 Å². The number of benzene rings is 1. The molecule has 0 aliphatic rings. The molecular formula is C14H20O3. The van der Waals surface area contributed by atoms with Crippen LogP contribution >= 0.6 is 0 Å². The van der Waals surface area contributed by atoms with Gasteiger partial charge in [0, 0.05) is 13.0 Å². The Morgan fingerprint density at radius 2 is 2.00 bits per heavy atom. The maximum absolute atomic E-state index is 11.6. The number of carbonyl (C=O) groups is 1. The van der Waals surface area contributed by atoms with Crippen molar-refractivity contribution in [2.75, 3.05) is 19.8 Å². The Bertz CT molecular complexity index is 321. The van der Waals surface area contributed by atoms with E-state index in [4.69, 9.17) is 9.47 Å². The van der Waals surface area contributed by atoms with Crippen LogP contribution in [0.5, 0.6) is 0 Å². The van der Waals surface area contributed by atoms with E-state index in [1.807, 2.05) is 44.2 Å². The molecule has 0 aliphatic carbocycles. The van der Waals surface area contributed by atoms with Crippen LogP contribution in [0.4, 0.5) is 0 Å². The molecule has 0 N–H and O–H groups in total. The fourth-order valence-electron chi connectivity index (χ4n) is 1.44. The third-order valence-electron chi connectivity index (χ3n) is 2.33. The number of hydrogen-bond acceptors (Lipinski definition) is 3. The average molecular weight is 236 g/mol. The highest BCUT2D eigenvalue weighted by molar-refractivity contribution is 5.82. The molecule has 0 aliphatic heterocycles. The van der Waals surface area contributed by atoms with Crippen LogP contribution in [-0.4, -0.2) is 31.7 Å². The molecule has 1 aromatic rings. The van der Waals surface area contributed by atoms with Gasteiger partial charge in [0.2, 0.25) is 0 Å². The zero-order valence-electron chi connectivity index (χ0n) is 10.5. The third kappa shape index (κ3) is 6.19. The quantitative estimate of drug-likeness (QED) is 0.694. The molecule has 1 unspecified atom stereocenters. The van der Waals surface area contributed by atoms with Gasteiger partial charge in [-0.05, 0) is 19.4 Å². The lowest BCUT2D eigenvalue weighted by Gasteiger charge is -2.12. The van der Waals surface area contributed by atoms with Crippen molar-refractivity contribution < 1.29 is 14.3 Å². The molecule has 3 heteroatoms. The van der Waals surface area contributed by atoms with E-state index < -0.39 is 0 Å². The Morgan fingerprint density at radius 3 is 2.65 bits per heavy atom. The molecule has 0 saturated heterocycles. The molecule has 0 saturated carbocycles. The van der Waals surface area contributed by atoms with Crippen molar-refractivity contribution >= 4 is 5.78 Å². The first-order valence-corrected chi connectivity index (χ1v) is 5.97. The smallest absolute Gasteiger partial charge is 0.162 e. The first-order chi connectivity index (χ1) is 8.22. The van der Waals surface area contributed by atoms with E-state index in [0.717, 1.165) is 5.56 Å². The molecule has 1 rings (SSSR count). The Labute approximate surface area is 103 Å². The standard InChI is InChI=1S/C14H20O3/c1-3-16-10-12(2)17-11-14(15)9-13-7-5-4-6-8-13/h4-8,12H,3,9-11H2,1-2H3. The highest BCUT2D eigenvalue weighted by atomic mass is 16.5. The number of carbonyl (C=O) groups excluding carboxylic acids is 1. The molecule has 0 aromatic heterocycles. The molecule has 0 heterocycles. The van der Waals surface area contributed by atoms with Gasteiger partial charge in [-0.3, -0.25) is 4.79 Å². The van der Waals surface area contributed by atoms with Gasteiger partial charge in [-0.1, -0.05) is 30.3 Å². The topological polar surface area (TPSA) is 35.5 Å². The summed E-state index contributed by atoms with van der Waals surface area (Å²) in [7, 11) is 0. The van der Waals surface area contributed by atoms with Gasteiger partial charge < -0.3 is 9.47 Å². The van der Waals surface area contributed by atoms with E-state index in [0.29, 0.717) is 19.6 Å². The molecule has 3 nitrogen and oxygen atoms in total. The average Bonchev–Trinajstić information content (AvgIpc) is 2.35. The lowest BCUT2D eigenvalue weighted by atomic mass is 10.1. The molecule has 94 valence electrons. The SMILES string of the molecule is CCOCC(C)OCC(=O)Cc1ccccc1. The van der Waals surface area contributed by atoms with E-state index >= 15 is 0 Å². The summed E-state index contributed by atoms with van der Waals surface area (Å²) in [5, 5.41) is 0. The fourth-order valence-corrected chi connectivity index (χ4v) is 1.44. The molecule has 0 spiro atoms. The summed E-state index contributed by atoms with van der Waals surface area (Å²) in [6.45, 7) is 5.21. The normalized spacial score (nSPS) is 12.4. The van der Waals surface area contributed by atoms with Crippen molar-refractivity contribution in [2.24, 2.45) is 0 Å². The maximum Gasteiger partial charge on any atom is 0.162 e. The molecule has 0 bridgehead atoms. The number of rotatable bonds is 8. The predicted molar refractivity (Wildman–Crippen MR) is 67.1 cm³/mol. The van der Waals surface area contributed by atoms with Gasteiger partial charge in [0.15, 0.2) is 5.78 Å². The Balaban J connectivity index is 2.21. The first-order valence-electron chi connectivity index (χ1n) is 5.97. The molecule has 0 fully saturated rings. The van der Waals surface area contributed by atoms with Crippen LogP contribution in [0.2, 0.25) is 0 Å². The second-order valence-electron chi connectivity index (χ2n) is 3.98. The highest BCUT2D eigenvalue weighted by Gasteiger charge is 2.07. The Kier molecular flexibility index (Phi) is 6.51. The third-order valence-corrected chi connectivity index (χ3v) is 2.33. The van der Waals surface area contributed by atoms with E-state index in [9.17, 15) is 4.79 Å². The largest absolute Gasteiger partial charge is 0.379 e. The number of ketones is 1. The summed E-state index contributed by atoms with van der Waals surface area (Å²) in [5.74, 6) is 0.0968. The minimum absolute atomic E-state index is 0.0327. The second-order valence-corrected chi connectivity index (χ2v) is 3.98. The Morgan fingerprint density at radius 1 is 1.29 bits per heavy atom. The van der Waals surface area contributed by atoms with Crippen molar-refractivity contribution in [1.29, 1.82) is 0 Å². The monoisotopic (exact) mass is 236 g/mol. The minimum Gasteiger partial charge on any atom is -0.379 e. The van der Waals surface area contributed by atoms with Gasteiger partial charge in [-0.25, -0.2) is 0 Å². The van der Waals surface area contributed by atoms with Gasteiger partial charge >= 0.3 is 0 Å². The van der Waals surface area contributed by atoms with E-state index in [2.05, 4.69) is 0 Å². The molecular weight excluding hydrogens is 216 g/mol. The number of Topliss-reactive ketones (excluding diaryl/α,β-unsaturated/α-hetero) is 1. The van der Waals surface area contributed by atoms with Crippen molar-refractivity contribution in [1.82, 2.24) is 0 Å². The summed E-state index contributed by atoms with van der Waals surface area (Å²) in [5.41, 5.74) is 1.03. The van der Waals surface area contributed by atoms with Gasteiger partial charge in [0.05, 0.1) is 12.7 Å². The van der Waals surface area contributed by atoms with Gasteiger partial charge in [0.25, 0.3) is 0 Å². The van der Waals surface area contributed by atoms with Gasteiger partial charge in [-0.15, -0.1) is 0 Å². The van der Waals surface area contributed by atoms with Crippen LogP contribution in [0.15, 0.2) is 30.3 Å². The van der Waals surface area contributed by atoms with Gasteiger partial charge in [0.1, 0.15) is 6.61 Å². The highest BCUT2D eigenvalue weighted by Crippen LogP contribution is 2.01. The van der Waals surface area contributed by atoms with Crippen LogP contribution in [0.3, 0.4) is 0 Å². The Hall–Kier alpha value is -1.19. The minimum atomic E-state index is -0.0327. The number of ether oxygens (including phenoxy) is 2. The van der Waals surface area contributed by atoms with Gasteiger partial charge in [-0.2, -0.15) is 0 Å². The zero-order valence-corrected chi connectivity index (χ0v) is 10.5. The van der Waals surface area contributed by atoms with E-state index in [-0.39, 0.29) is 18.5 Å². The van der Waals surface area contributed by atoms with Crippen LogP contribution in [0, 0.1) is 0 Å².